The van der Waals surface area contributed by atoms with E-state index < -0.39 is 0 Å². The van der Waals surface area contributed by atoms with Gasteiger partial charge in [0.1, 0.15) is 5.82 Å². The zero-order valence-electron chi connectivity index (χ0n) is 14.2. The van der Waals surface area contributed by atoms with Gasteiger partial charge in [-0.15, -0.1) is 0 Å². The van der Waals surface area contributed by atoms with Gasteiger partial charge in [0.25, 0.3) is 5.56 Å². The highest BCUT2D eigenvalue weighted by Gasteiger charge is 2.12. The fourth-order valence-electron chi connectivity index (χ4n) is 2.30. The largest absolute Gasteiger partial charge is 0.355 e. The quantitative estimate of drug-likeness (QED) is 0.802. The van der Waals surface area contributed by atoms with E-state index in [9.17, 15) is 9.59 Å². The first kappa shape index (κ1) is 18.4. The van der Waals surface area contributed by atoms with Crippen molar-refractivity contribution in [2.45, 2.75) is 27.3 Å². The number of carbonyl (C=O) groups is 1. The maximum absolute atomic E-state index is 12.1. The summed E-state index contributed by atoms with van der Waals surface area (Å²) < 4.78 is 0. The van der Waals surface area contributed by atoms with E-state index in [0.717, 1.165) is 0 Å². The number of aromatic nitrogens is 2. The van der Waals surface area contributed by atoms with Gasteiger partial charge in [-0.2, -0.15) is 0 Å². The average Bonchev–Trinajstić information content (AvgIpc) is 2.51. The zero-order valence-corrected chi connectivity index (χ0v) is 15.0. The third-order valence-corrected chi connectivity index (χ3v) is 3.85. The van der Waals surface area contributed by atoms with Crippen LogP contribution in [0, 0.1) is 5.92 Å². The summed E-state index contributed by atoms with van der Waals surface area (Å²) in [5.41, 5.74) is 0.355. The number of carbonyl (C=O) groups excluding carboxylic acids is 1. The van der Waals surface area contributed by atoms with E-state index in [-0.39, 0.29) is 18.0 Å². The summed E-state index contributed by atoms with van der Waals surface area (Å²) in [7, 11) is 0. The number of benzene rings is 1. The van der Waals surface area contributed by atoms with Crippen LogP contribution in [0.1, 0.15) is 26.6 Å². The monoisotopic (exact) mass is 350 g/mol. The van der Waals surface area contributed by atoms with Crippen LogP contribution in [0.4, 0.5) is 0 Å². The summed E-state index contributed by atoms with van der Waals surface area (Å²) in [5, 5.41) is 3.93. The minimum Gasteiger partial charge on any atom is -0.355 e. The van der Waals surface area contributed by atoms with Crippen molar-refractivity contribution in [1.29, 1.82) is 0 Å². The Balaban J connectivity index is 2.11. The van der Waals surface area contributed by atoms with Gasteiger partial charge >= 0.3 is 0 Å². The van der Waals surface area contributed by atoms with Crippen LogP contribution in [0.3, 0.4) is 0 Å². The number of H-pyrrole nitrogens is 1. The summed E-state index contributed by atoms with van der Waals surface area (Å²) >= 11 is 5.97. The van der Waals surface area contributed by atoms with Gasteiger partial charge in [-0.1, -0.05) is 32.4 Å². The van der Waals surface area contributed by atoms with Crippen molar-refractivity contribution in [1.82, 2.24) is 20.2 Å². The van der Waals surface area contributed by atoms with Crippen molar-refractivity contribution >= 4 is 28.4 Å². The van der Waals surface area contributed by atoms with Crippen molar-refractivity contribution < 1.29 is 4.79 Å². The normalized spacial score (nSPS) is 11.4. The minimum atomic E-state index is -0.202. The predicted molar refractivity (Wildman–Crippen MR) is 96.2 cm³/mol. The number of amides is 1. The lowest BCUT2D eigenvalue weighted by atomic mass is 10.2. The predicted octanol–water partition coefficient (Wildman–Crippen LogP) is 2.17. The van der Waals surface area contributed by atoms with E-state index in [2.05, 4.69) is 15.3 Å². The number of hydrogen-bond donors (Lipinski definition) is 2. The van der Waals surface area contributed by atoms with Gasteiger partial charge in [-0.3, -0.25) is 14.5 Å². The number of nitrogens with one attached hydrogen (secondary N) is 2. The van der Waals surface area contributed by atoms with E-state index in [4.69, 9.17) is 11.6 Å². The molecule has 1 heterocycles. The van der Waals surface area contributed by atoms with Crippen LogP contribution in [-0.4, -0.2) is 40.4 Å². The number of likely N-dealkylation sites (N-methyl/N-ethyl adjacent to an activating group) is 1. The molecule has 0 aliphatic rings. The Morgan fingerprint density at radius 2 is 2.17 bits per heavy atom. The lowest BCUT2D eigenvalue weighted by Crippen LogP contribution is -2.38. The molecule has 130 valence electrons. The summed E-state index contributed by atoms with van der Waals surface area (Å²) in [4.78, 5) is 33.3. The summed E-state index contributed by atoms with van der Waals surface area (Å²) in [6, 6.07) is 4.99. The zero-order chi connectivity index (χ0) is 17.7. The highest BCUT2D eigenvalue weighted by atomic mass is 35.5. The molecule has 0 atom stereocenters. The van der Waals surface area contributed by atoms with Crippen LogP contribution in [0.15, 0.2) is 23.0 Å². The Hall–Kier alpha value is -1.92. The Bertz CT molecular complexity index is 773. The maximum Gasteiger partial charge on any atom is 0.258 e. The van der Waals surface area contributed by atoms with Crippen LogP contribution < -0.4 is 10.9 Å². The molecule has 2 N–H and O–H groups in total. The molecule has 7 heteroatoms. The molecule has 0 spiro atoms. The molecule has 0 fully saturated rings. The number of halogens is 1. The van der Waals surface area contributed by atoms with E-state index in [1.54, 1.807) is 18.2 Å². The molecule has 0 aliphatic carbocycles. The molecule has 24 heavy (non-hydrogen) atoms. The van der Waals surface area contributed by atoms with Crippen molar-refractivity contribution in [3.63, 3.8) is 0 Å². The third-order valence-electron chi connectivity index (χ3n) is 3.61. The number of aromatic amines is 1. The number of nitrogens with zero attached hydrogens (tertiary/aromatic N) is 2. The smallest absolute Gasteiger partial charge is 0.258 e. The summed E-state index contributed by atoms with van der Waals surface area (Å²) in [6.07, 6.45) is 0. The standard InChI is InChI=1S/C17H23ClN4O2/c1-4-22(10-16(23)19-8-11(2)3)9-15-20-14-7-12(18)5-6-13(14)17(24)21-15/h5-7,11H,4,8-10H2,1-3H3,(H,19,23)(H,20,21,24). The van der Waals surface area contributed by atoms with E-state index >= 15 is 0 Å². The van der Waals surface area contributed by atoms with Crippen LogP contribution in [-0.2, 0) is 11.3 Å². The molecule has 6 nitrogen and oxygen atoms in total. The highest BCUT2D eigenvalue weighted by molar-refractivity contribution is 6.31. The molecule has 2 rings (SSSR count). The molecule has 0 unspecified atom stereocenters. The number of rotatable bonds is 7. The number of hydrogen-bond acceptors (Lipinski definition) is 4. The van der Waals surface area contributed by atoms with Gasteiger partial charge in [0.15, 0.2) is 0 Å². The third kappa shape index (κ3) is 5.04. The summed E-state index contributed by atoms with van der Waals surface area (Å²) in [6.45, 7) is 8.04. The van der Waals surface area contributed by atoms with Gasteiger partial charge in [-0.25, -0.2) is 4.98 Å². The number of fused-ring (bicyclic) bond motifs is 1. The van der Waals surface area contributed by atoms with Gasteiger partial charge < -0.3 is 10.3 Å². The molecule has 1 aromatic heterocycles. The molecule has 0 saturated heterocycles. The second-order valence-corrected chi connectivity index (χ2v) is 6.61. The van der Waals surface area contributed by atoms with Gasteiger partial charge in [0.05, 0.1) is 24.0 Å². The lowest BCUT2D eigenvalue weighted by Gasteiger charge is -2.19. The molecular weight excluding hydrogens is 328 g/mol. The first-order valence-electron chi connectivity index (χ1n) is 8.06. The van der Waals surface area contributed by atoms with Gasteiger partial charge in [-0.05, 0) is 30.7 Å². The van der Waals surface area contributed by atoms with E-state index in [1.165, 1.54) is 0 Å². The fourth-order valence-corrected chi connectivity index (χ4v) is 2.47. The SMILES string of the molecule is CCN(CC(=O)NCC(C)C)Cc1nc2cc(Cl)ccc2c(=O)[nH]1. The Kier molecular flexibility index (Phi) is 6.34. The van der Waals surface area contributed by atoms with Crippen LogP contribution in [0.2, 0.25) is 5.02 Å². The molecule has 0 radical (unpaired) electrons. The van der Waals surface area contributed by atoms with E-state index in [0.29, 0.717) is 47.3 Å². The topological polar surface area (TPSA) is 78.1 Å². The van der Waals surface area contributed by atoms with Gasteiger partial charge in [0.2, 0.25) is 5.91 Å². The second kappa shape index (κ2) is 8.26. The fraction of sp³-hybridized carbons (Fsp3) is 0.471. The minimum absolute atomic E-state index is 0.0308. The molecule has 0 bridgehead atoms. The van der Waals surface area contributed by atoms with Crippen molar-refractivity contribution in [3.05, 3.63) is 39.4 Å². The van der Waals surface area contributed by atoms with Gasteiger partial charge in [0, 0.05) is 11.6 Å². The molecule has 2 aromatic rings. The Labute approximate surface area is 146 Å². The highest BCUT2D eigenvalue weighted by Crippen LogP contribution is 2.14. The van der Waals surface area contributed by atoms with Crippen molar-refractivity contribution in [3.8, 4) is 0 Å². The van der Waals surface area contributed by atoms with Crippen LogP contribution in [0.5, 0.6) is 0 Å². The average molecular weight is 351 g/mol. The lowest BCUT2D eigenvalue weighted by molar-refractivity contribution is -0.122. The molecule has 1 aromatic carbocycles. The molecule has 0 saturated carbocycles. The first-order chi connectivity index (χ1) is 11.4. The molecule has 0 aliphatic heterocycles. The first-order valence-corrected chi connectivity index (χ1v) is 8.44. The molecule has 1 amide bonds. The van der Waals surface area contributed by atoms with Crippen molar-refractivity contribution in [2.75, 3.05) is 19.6 Å². The summed E-state index contributed by atoms with van der Waals surface area (Å²) in [5.74, 6) is 0.900. The Morgan fingerprint density at radius 1 is 1.42 bits per heavy atom. The Morgan fingerprint density at radius 3 is 2.83 bits per heavy atom. The second-order valence-electron chi connectivity index (χ2n) is 6.18. The van der Waals surface area contributed by atoms with E-state index in [1.807, 2.05) is 25.7 Å². The molecular formula is C17H23ClN4O2. The maximum atomic E-state index is 12.1. The van der Waals surface area contributed by atoms with Crippen LogP contribution >= 0.6 is 11.6 Å². The van der Waals surface area contributed by atoms with Crippen molar-refractivity contribution in [2.24, 2.45) is 5.92 Å². The van der Waals surface area contributed by atoms with Crippen LogP contribution in [0.25, 0.3) is 10.9 Å².